The summed E-state index contributed by atoms with van der Waals surface area (Å²) in [6.07, 6.45) is -7.17. The van der Waals surface area contributed by atoms with Gasteiger partial charge in [-0.25, -0.2) is 4.98 Å². The van der Waals surface area contributed by atoms with Crippen LogP contribution in [0, 0.1) is 0 Å². The average molecular weight is 334 g/mol. The first kappa shape index (κ1) is 16.0. The van der Waals surface area contributed by atoms with E-state index in [4.69, 9.17) is 5.73 Å². The van der Waals surface area contributed by atoms with Crippen molar-refractivity contribution in [2.75, 3.05) is 11.2 Å². The molecule has 0 aliphatic rings. The first-order chi connectivity index (χ1) is 10.4. The molecule has 22 heavy (non-hydrogen) atoms. The Hall–Kier alpha value is -2.36. The summed E-state index contributed by atoms with van der Waals surface area (Å²) in [4.78, 5) is 3.89. The number of thiazole rings is 1. The number of rotatable bonds is 6. The Morgan fingerprint density at radius 3 is 2.82 bits per heavy atom. The molecular weight excluding hydrogens is 324 g/mol. The molecular formula is C12H10F4N4OS. The van der Waals surface area contributed by atoms with Crippen LogP contribution in [0.2, 0.25) is 0 Å². The van der Waals surface area contributed by atoms with Gasteiger partial charge in [-0.1, -0.05) is 12.1 Å². The summed E-state index contributed by atoms with van der Waals surface area (Å²) in [5.41, 5.74) is 8.39. The third-order valence-corrected chi connectivity index (χ3v) is 3.03. The smallest absolute Gasteiger partial charge is 0.428 e. The van der Waals surface area contributed by atoms with E-state index in [1.54, 1.807) is 5.38 Å². The second kappa shape index (κ2) is 6.60. The van der Waals surface area contributed by atoms with E-state index in [0.717, 1.165) is 12.1 Å². The zero-order valence-electron chi connectivity index (χ0n) is 10.8. The predicted molar refractivity (Wildman–Crippen MR) is 75.8 cm³/mol. The minimum Gasteiger partial charge on any atom is -0.428 e. The van der Waals surface area contributed by atoms with Gasteiger partial charge in [-0.05, 0) is 17.7 Å². The molecule has 0 unspecified atom stereocenters. The molecule has 1 aromatic carbocycles. The zero-order chi connectivity index (χ0) is 16.2. The highest BCUT2D eigenvalue weighted by Gasteiger charge is 2.43. The molecule has 2 rings (SSSR count). The second-order valence-corrected chi connectivity index (χ2v) is 4.84. The van der Waals surface area contributed by atoms with Crippen LogP contribution in [0.1, 0.15) is 5.56 Å². The number of nitrogens with zero attached hydrogens (tertiary/aromatic N) is 2. The van der Waals surface area contributed by atoms with Crippen molar-refractivity contribution in [2.24, 2.45) is 5.10 Å². The van der Waals surface area contributed by atoms with Crippen LogP contribution in [-0.4, -0.2) is 23.7 Å². The van der Waals surface area contributed by atoms with E-state index >= 15 is 0 Å². The lowest BCUT2D eigenvalue weighted by Crippen LogP contribution is -2.33. The van der Waals surface area contributed by atoms with Gasteiger partial charge in [-0.15, -0.1) is 11.3 Å². The topological polar surface area (TPSA) is 72.5 Å². The van der Waals surface area contributed by atoms with Crippen molar-refractivity contribution in [3.8, 4) is 5.75 Å². The van der Waals surface area contributed by atoms with Crippen molar-refractivity contribution in [3.63, 3.8) is 0 Å². The van der Waals surface area contributed by atoms with Crippen LogP contribution < -0.4 is 15.9 Å². The maximum absolute atomic E-state index is 12.8. The van der Waals surface area contributed by atoms with Crippen molar-refractivity contribution in [1.29, 1.82) is 0 Å². The number of halogens is 4. The fourth-order valence-electron chi connectivity index (χ4n) is 1.36. The maximum atomic E-state index is 12.8. The van der Waals surface area contributed by atoms with Crippen LogP contribution >= 0.6 is 11.3 Å². The van der Waals surface area contributed by atoms with Crippen molar-refractivity contribution in [1.82, 2.24) is 4.98 Å². The summed E-state index contributed by atoms with van der Waals surface area (Å²) in [5, 5.41) is 5.88. The molecule has 0 spiro atoms. The lowest BCUT2D eigenvalue weighted by molar-refractivity contribution is -0.253. The molecule has 0 bridgehead atoms. The van der Waals surface area contributed by atoms with Crippen LogP contribution in [0.15, 0.2) is 34.7 Å². The Morgan fingerprint density at radius 1 is 1.41 bits per heavy atom. The van der Waals surface area contributed by atoms with Crippen LogP contribution in [-0.2, 0) is 0 Å². The number of aromatic nitrogens is 1. The SMILES string of the molecule is Nc1csc(NN=Cc2cccc(OC(F)(F)C(F)F)c2)n1. The molecule has 0 saturated heterocycles. The molecule has 1 aromatic heterocycles. The number of nitrogen functional groups attached to an aromatic ring is 1. The Labute approximate surface area is 126 Å². The van der Waals surface area contributed by atoms with E-state index in [1.807, 2.05) is 0 Å². The molecule has 10 heteroatoms. The first-order valence-corrected chi connectivity index (χ1v) is 6.70. The number of hydrogen-bond acceptors (Lipinski definition) is 6. The number of alkyl halides is 4. The van der Waals surface area contributed by atoms with Gasteiger partial charge in [0.2, 0.25) is 5.13 Å². The number of benzene rings is 1. The summed E-state index contributed by atoms with van der Waals surface area (Å²) in [6, 6.07) is 5.20. The quantitative estimate of drug-likeness (QED) is 0.482. The normalized spacial score (nSPS) is 12.0. The number of hydrogen-bond donors (Lipinski definition) is 2. The van der Waals surface area contributed by atoms with E-state index < -0.39 is 18.3 Å². The van der Waals surface area contributed by atoms with Gasteiger partial charge in [0, 0.05) is 5.38 Å². The molecule has 0 amide bonds. The molecule has 0 aliphatic heterocycles. The fraction of sp³-hybridized carbons (Fsp3) is 0.167. The first-order valence-electron chi connectivity index (χ1n) is 5.82. The Kier molecular flexibility index (Phi) is 4.81. The molecule has 0 aliphatic carbocycles. The van der Waals surface area contributed by atoms with E-state index in [9.17, 15) is 17.6 Å². The van der Waals surface area contributed by atoms with Crippen molar-refractivity contribution in [2.45, 2.75) is 12.5 Å². The van der Waals surface area contributed by atoms with Gasteiger partial charge in [-0.2, -0.15) is 22.7 Å². The summed E-state index contributed by atoms with van der Waals surface area (Å²) < 4.78 is 53.7. The number of anilines is 2. The van der Waals surface area contributed by atoms with E-state index in [1.165, 1.54) is 29.7 Å². The standard InChI is InChI=1S/C12H10F4N4OS/c13-10(14)12(15,16)21-8-3-1-2-7(4-8)5-18-20-11-19-9(17)6-22-11/h1-6,10H,17H2,(H,19,20). The maximum Gasteiger partial charge on any atom is 0.461 e. The van der Waals surface area contributed by atoms with E-state index in [0.29, 0.717) is 16.5 Å². The summed E-state index contributed by atoms with van der Waals surface area (Å²) in [7, 11) is 0. The number of ether oxygens (including phenoxy) is 1. The van der Waals surface area contributed by atoms with E-state index in [2.05, 4.69) is 20.2 Å². The Balaban J connectivity index is 2.02. The second-order valence-electron chi connectivity index (χ2n) is 3.98. The predicted octanol–water partition coefficient (Wildman–Crippen LogP) is 3.41. The molecule has 118 valence electrons. The number of hydrazone groups is 1. The Bertz CT molecular complexity index is 662. The van der Waals surface area contributed by atoms with Crippen LogP contribution in [0.3, 0.4) is 0 Å². The highest BCUT2D eigenvalue weighted by molar-refractivity contribution is 7.14. The molecule has 3 N–H and O–H groups in total. The number of nitrogens with two attached hydrogens (primary N) is 1. The monoisotopic (exact) mass is 334 g/mol. The third kappa shape index (κ3) is 4.32. The highest BCUT2D eigenvalue weighted by Crippen LogP contribution is 2.27. The summed E-state index contributed by atoms with van der Waals surface area (Å²) in [6.45, 7) is 0. The third-order valence-electron chi connectivity index (χ3n) is 2.26. The summed E-state index contributed by atoms with van der Waals surface area (Å²) >= 11 is 1.23. The van der Waals surface area contributed by atoms with Gasteiger partial charge < -0.3 is 10.5 Å². The lowest BCUT2D eigenvalue weighted by atomic mass is 10.2. The molecule has 0 radical (unpaired) electrons. The lowest BCUT2D eigenvalue weighted by Gasteiger charge is -2.16. The molecule has 0 fully saturated rings. The fourth-order valence-corrected chi connectivity index (χ4v) is 1.91. The molecule has 5 nitrogen and oxygen atoms in total. The van der Waals surface area contributed by atoms with Crippen molar-refractivity contribution in [3.05, 3.63) is 35.2 Å². The van der Waals surface area contributed by atoms with Gasteiger partial charge in [0.15, 0.2) is 0 Å². The Morgan fingerprint density at radius 2 is 2.18 bits per heavy atom. The van der Waals surface area contributed by atoms with Gasteiger partial charge >= 0.3 is 12.5 Å². The van der Waals surface area contributed by atoms with Crippen LogP contribution in [0.25, 0.3) is 0 Å². The van der Waals surface area contributed by atoms with Crippen molar-refractivity contribution >= 4 is 28.5 Å². The van der Waals surface area contributed by atoms with Gasteiger partial charge in [0.05, 0.1) is 6.21 Å². The van der Waals surface area contributed by atoms with Crippen molar-refractivity contribution < 1.29 is 22.3 Å². The minimum absolute atomic E-state index is 0.340. The summed E-state index contributed by atoms with van der Waals surface area (Å²) in [5.74, 6) is -0.0555. The van der Waals surface area contributed by atoms with Gasteiger partial charge in [-0.3, -0.25) is 5.43 Å². The minimum atomic E-state index is -4.55. The van der Waals surface area contributed by atoms with Gasteiger partial charge in [0.25, 0.3) is 0 Å². The van der Waals surface area contributed by atoms with E-state index in [-0.39, 0.29) is 0 Å². The van der Waals surface area contributed by atoms with Crippen LogP contribution in [0.5, 0.6) is 5.75 Å². The average Bonchev–Trinajstić information content (AvgIpc) is 2.84. The molecule has 0 atom stereocenters. The highest BCUT2D eigenvalue weighted by atomic mass is 32.1. The molecule has 1 heterocycles. The molecule has 2 aromatic rings. The molecule has 0 saturated carbocycles. The van der Waals surface area contributed by atoms with Gasteiger partial charge in [0.1, 0.15) is 11.6 Å². The number of nitrogens with one attached hydrogen (secondary N) is 1. The zero-order valence-corrected chi connectivity index (χ0v) is 11.7. The van der Waals surface area contributed by atoms with Crippen LogP contribution in [0.4, 0.5) is 28.5 Å². The largest absolute Gasteiger partial charge is 0.461 e.